The topological polar surface area (TPSA) is 107 Å². The molecule has 1 aromatic heterocycles. The number of aromatic amines is 1. The molecule has 1 heterocycles. The fourth-order valence-corrected chi connectivity index (χ4v) is 1.88. The molecule has 0 aliphatic rings. The summed E-state index contributed by atoms with van der Waals surface area (Å²) in [6, 6.07) is 0. The van der Waals surface area contributed by atoms with E-state index in [1.165, 1.54) is 4.90 Å². The molecule has 1 aromatic rings. The normalized spacial score (nSPS) is 10.5. The summed E-state index contributed by atoms with van der Waals surface area (Å²) in [5, 5.41) is 17.8. The Bertz CT molecular complexity index is 466. The van der Waals surface area contributed by atoms with Gasteiger partial charge in [0.1, 0.15) is 0 Å². The third-order valence-electron chi connectivity index (χ3n) is 2.87. The maximum absolute atomic E-state index is 12.1. The number of rotatable bonds is 6. The summed E-state index contributed by atoms with van der Waals surface area (Å²) >= 11 is 0. The van der Waals surface area contributed by atoms with Crippen LogP contribution < -0.4 is 5.69 Å². The summed E-state index contributed by atoms with van der Waals surface area (Å²) < 4.78 is 0. The van der Waals surface area contributed by atoms with Crippen molar-refractivity contribution in [2.45, 2.75) is 20.3 Å². The molecule has 7 heteroatoms. The molecule has 0 saturated carbocycles. The summed E-state index contributed by atoms with van der Waals surface area (Å²) in [6.45, 7) is 3.41. The minimum absolute atomic E-state index is 0.0848. The number of aryl methyl sites for hydroxylation is 2. The van der Waals surface area contributed by atoms with Crippen LogP contribution >= 0.6 is 0 Å². The van der Waals surface area contributed by atoms with Crippen molar-refractivity contribution in [2.24, 2.45) is 0 Å². The molecule has 19 heavy (non-hydrogen) atoms. The van der Waals surface area contributed by atoms with Gasteiger partial charge in [-0.25, -0.2) is 4.79 Å². The number of carbonyl (C=O) groups excluding carboxylic acids is 1. The molecule has 0 aromatic carbocycles. The van der Waals surface area contributed by atoms with Crippen LogP contribution in [0.2, 0.25) is 0 Å². The summed E-state index contributed by atoms with van der Waals surface area (Å²) in [5.41, 5.74) is 1.36. The fraction of sp³-hybridized carbons (Fsp3) is 0.583. The van der Waals surface area contributed by atoms with Crippen LogP contribution in [0.15, 0.2) is 4.79 Å². The van der Waals surface area contributed by atoms with Gasteiger partial charge in [-0.1, -0.05) is 0 Å². The molecule has 0 aliphatic carbocycles. The lowest BCUT2D eigenvalue weighted by atomic mass is 10.1. The van der Waals surface area contributed by atoms with E-state index in [-0.39, 0.29) is 38.6 Å². The lowest BCUT2D eigenvalue weighted by molar-refractivity contribution is -0.131. The van der Waals surface area contributed by atoms with Crippen LogP contribution in [0.1, 0.15) is 17.0 Å². The third-order valence-corrected chi connectivity index (χ3v) is 2.87. The lowest BCUT2D eigenvalue weighted by Gasteiger charge is -2.21. The Balaban J connectivity index is 2.89. The zero-order chi connectivity index (χ0) is 14.4. The number of nitrogens with zero attached hydrogens (tertiary/aromatic N) is 2. The van der Waals surface area contributed by atoms with Gasteiger partial charge in [-0.05, 0) is 13.8 Å². The Kier molecular flexibility index (Phi) is 5.65. The average Bonchev–Trinajstić information content (AvgIpc) is 2.33. The van der Waals surface area contributed by atoms with E-state index in [0.717, 1.165) is 0 Å². The van der Waals surface area contributed by atoms with Crippen molar-refractivity contribution in [1.29, 1.82) is 0 Å². The third kappa shape index (κ3) is 4.15. The smallest absolute Gasteiger partial charge is 0.345 e. The van der Waals surface area contributed by atoms with Crippen LogP contribution in [0.3, 0.4) is 0 Å². The number of amides is 1. The van der Waals surface area contributed by atoms with Crippen molar-refractivity contribution >= 4 is 5.91 Å². The lowest BCUT2D eigenvalue weighted by Crippen LogP contribution is -2.37. The highest BCUT2D eigenvalue weighted by atomic mass is 16.3. The first-order chi connectivity index (χ1) is 8.99. The molecular weight excluding hydrogens is 250 g/mol. The van der Waals surface area contributed by atoms with E-state index < -0.39 is 5.69 Å². The Morgan fingerprint density at radius 3 is 2.32 bits per heavy atom. The monoisotopic (exact) mass is 269 g/mol. The Hall–Kier alpha value is -1.73. The van der Waals surface area contributed by atoms with Crippen molar-refractivity contribution in [3.63, 3.8) is 0 Å². The van der Waals surface area contributed by atoms with Gasteiger partial charge in [-0.2, -0.15) is 4.98 Å². The van der Waals surface area contributed by atoms with Gasteiger partial charge in [0.2, 0.25) is 5.91 Å². The molecule has 0 unspecified atom stereocenters. The number of hydrogen-bond donors (Lipinski definition) is 3. The molecule has 3 N–H and O–H groups in total. The van der Waals surface area contributed by atoms with Crippen LogP contribution in [0.5, 0.6) is 0 Å². The first kappa shape index (κ1) is 15.3. The quantitative estimate of drug-likeness (QED) is 0.598. The number of aliphatic hydroxyl groups excluding tert-OH is 2. The van der Waals surface area contributed by atoms with Crippen LogP contribution in [0, 0.1) is 13.8 Å². The van der Waals surface area contributed by atoms with Gasteiger partial charge < -0.3 is 20.1 Å². The SMILES string of the molecule is Cc1nc(=O)[nH]c(C)c1CC(=O)N(CCO)CCO. The van der Waals surface area contributed by atoms with Crippen LogP contribution in [-0.4, -0.2) is 57.3 Å². The first-order valence-electron chi connectivity index (χ1n) is 6.05. The second kappa shape index (κ2) is 7.01. The molecule has 1 amide bonds. The van der Waals surface area contributed by atoms with Crippen molar-refractivity contribution in [2.75, 3.05) is 26.3 Å². The van der Waals surface area contributed by atoms with Gasteiger partial charge in [-0.3, -0.25) is 4.79 Å². The molecule has 0 aliphatic heterocycles. The zero-order valence-corrected chi connectivity index (χ0v) is 11.1. The number of aromatic nitrogens is 2. The molecule has 0 saturated heterocycles. The van der Waals surface area contributed by atoms with E-state index in [2.05, 4.69) is 9.97 Å². The van der Waals surface area contributed by atoms with Crippen LogP contribution in [0.25, 0.3) is 0 Å². The van der Waals surface area contributed by atoms with Crippen molar-refractivity contribution < 1.29 is 15.0 Å². The van der Waals surface area contributed by atoms with Crippen LogP contribution in [0.4, 0.5) is 0 Å². The number of nitrogens with one attached hydrogen (secondary N) is 1. The van der Waals surface area contributed by atoms with E-state index >= 15 is 0 Å². The van der Waals surface area contributed by atoms with E-state index in [1.807, 2.05) is 0 Å². The van der Waals surface area contributed by atoms with Gasteiger partial charge >= 0.3 is 5.69 Å². The molecule has 0 bridgehead atoms. The predicted octanol–water partition coefficient (Wildman–Crippen LogP) is -1.26. The highest BCUT2D eigenvalue weighted by molar-refractivity contribution is 5.79. The van der Waals surface area contributed by atoms with Crippen molar-refractivity contribution in [3.8, 4) is 0 Å². The molecule has 1 rings (SSSR count). The summed E-state index contributed by atoms with van der Waals surface area (Å²) in [7, 11) is 0. The first-order valence-corrected chi connectivity index (χ1v) is 6.05. The molecule has 0 fully saturated rings. The minimum Gasteiger partial charge on any atom is -0.395 e. The highest BCUT2D eigenvalue weighted by Gasteiger charge is 2.16. The van der Waals surface area contributed by atoms with Gasteiger partial charge in [0, 0.05) is 30.0 Å². The van der Waals surface area contributed by atoms with Crippen molar-refractivity contribution in [3.05, 3.63) is 27.4 Å². The van der Waals surface area contributed by atoms with Gasteiger partial charge in [0.25, 0.3) is 0 Å². The fourth-order valence-electron chi connectivity index (χ4n) is 1.88. The molecule has 0 spiro atoms. The van der Waals surface area contributed by atoms with E-state index in [4.69, 9.17) is 10.2 Å². The number of H-pyrrole nitrogens is 1. The van der Waals surface area contributed by atoms with Gasteiger partial charge in [-0.15, -0.1) is 0 Å². The average molecular weight is 269 g/mol. The maximum atomic E-state index is 12.1. The second-order valence-electron chi connectivity index (χ2n) is 4.24. The highest BCUT2D eigenvalue weighted by Crippen LogP contribution is 2.09. The predicted molar refractivity (Wildman–Crippen MR) is 68.8 cm³/mol. The number of carbonyl (C=O) groups is 1. The molecular formula is C12H19N3O4. The van der Waals surface area contributed by atoms with Crippen molar-refractivity contribution in [1.82, 2.24) is 14.9 Å². The molecule has 0 atom stereocenters. The van der Waals surface area contributed by atoms with Gasteiger partial charge in [0.15, 0.2) is 0 Å². The molecule has 106 valence electrons. The van der Waals surface area contributed by atoms with E-state index in [0.29, 0.717) is 17.0 Å². The molecule has 7 nitrogen and oxygen atoms in total. The Labute approximate surface area is 110 Å². The number of hydrogen-bond acceptors (Lipinski definition) is 5. The Morgan fingerprint density at radius 1 is 1.26 bits per heavy atom. The van der Waals surface area contributed by atoms with E-state index in [9.17, 15) is 9.59 Å². The second-order valence-corrected chi connectivity index (χ2v) is 4.24. The standard InChI is InChI=1S/C12H19N3O4/c1-8-10(9(2)14-12(19)13-8)7-11(18)15(3-5-16)4-6-17/h16-17H,3-7H2,1-2H3,(H,13,14,19). The Morgan fingerprint density at radius 2 is 1.84 bits per heavy atom. The largest absolute Gasteiger partial charge is 0.395 e. The zero-order valence-electron chi connectivity index (χ0n) is 11.1. The maximum Gasteiger partial charge on any atom is 0.345 e. The minimum atomic E-state index is -0.436. The summed E-state index contributed by atoms with van der Waals surface area (Å²) in [4.78, 5) is 30.9. The number of aliphatic hydroxyl groups is 2. The molecule has 0 radical (unpaired) electrons. The summed E-state index contributed by atoms with van der Waals surface area (Å²) in [5.74, 6) is -0.219. The van der Waals surface area contributed by atoms with Gasteiger partial charge in [0.05, 0.1) is 19.6 Å². The summed E-state index contributed by atoms with van der Waals surface area (Å²) in [6.07, 6.45) is 0.0848. The van der Waals surface area contributed by atoms with Crippen LogP contribution in [-0.2, 0) is 11.2 Å². The van der Waals surface area contributed by atoms with E-state index in [1.54, 1.807) is 13.8 Å².